The van der Waals surface area contributed by atoms with Crippen LogP contribution in [0.25, 0.3) is 0 Å². The molecule has 1 unspecified atom stereocenters. The van der Waals surface area contributed by atoms with Crippen molar-refractivity contribution in [3.63, 3.8) is 0 Å². The number of hydrogen-bond acceptors (Lipinski definition) is 6. The zero-order chi connectivity index (χ0) is 22.2. The number of halogens is 2. The van der Waals surface area contributed by atoms with Gasteiger partial charge in [0.05, 0.1) is 12.5 Å². The lowest BCUT2D eigenvalue weighted by atomic mass is 10.0. The van der Waals surface area contributed by atoms with Gasteiger partial charge in [0.1, 0.15) is 12.6 Å². The van der Waals surface area contributed by atoms with E-state index in [1.807, 2.05) is 6.07 Å². The fourth-order valence-corrected chi connectivity index (χ4v) is 3.26. The number of nitrogens with zero attached hydrogens (tertiary/aromatic N) is 1. The van der Waals surface area contributed by atoms with E-state index in [4.69, 9.17) is 4.74 Å². The molecule has 2 aliphatic heterocycles. The van der Waals surface area contributed by atoms with E-state index in [9.17, 15) is 23.2 Å². The molecule has 4 rings (SSSR count). The van der Waals surface area contributed by atoms with Gasteiger partial charge in [-0.05, 0) is 30.2 Å². The first-order valence-corrected chi connectivity index (χ1v) is 9.46. The van der Waals surface area contributed by atoms with Crippen LogP contribution in [0.15, 0.2) is 48.5 Å². The molecule has 0 aliphatic carbocycles. The number of urea groups is 1. The number of β-lactam (4-membered cyclic amide) rings is 1. The highest BCUT2D eigenvalue weighted by molar-refractivity contribution is 6.06. The molecule has 0 bridgehead atoms. The predicted molar refractivity (Wildman–Crippen MR) is 101 cm³/mol. The Kier molecular flexibility index (Phi) is 5.22. The van der Waals surface area contributed by atoms with E-state index in [0.29, 0.717) is 5.56 Å². The lowest BCUT2D eigenvalue weighted by Crippen LogP contribution is -2.62. The predicted octanol–water partition coefficient (Wildman–Crippen LogP) is 3.12. The highest BCUT2D eigenvalue weighted by Gasteiger charge is 2.47. The van der Waals surface area contributed by atoms with Crippen molar-refractivity contribution >= 4 is 17.9 Å². The molecular formula is C21H18F2N2O6. The van der Waals surface area contributed by atoms with Gasteiger partial charge >= 0.3 is 18.3 Å². The van der Waals surface area contributed by atoms with Crippen molar-refractivity contribution in [3.05, 3.63) is 59.7 Å². The summed E-state index contributed by atoms with van der Waals surface area (Å²) in [6, 6.07) is 10.6. The SMILES string of the molecule is C[C@@H](NC(=O)N1C(=O)CC1C(=O)OCc1ccccc1)c1ccc2c(c1)OC(F)(F)O2. The number of hydrogen-bond donors (Lipinski definition) is 1. The first kappa shape index (κ1) is 20.6. The van der Waals surface area contributed by atoms with Crippen molar-refractivity contribution in [2.45, 2.75) is 38.3 Å². The average molecular weight is 432 g/mol. The summed E-state index contributed by atoms with van der Waals surface area (Å²) in [5, 5.41) is 2.57. The minimum atomic E-state index is -3.75. The fraction of sp³-hybridized carbons (Fsp3) is 0.286. The number of carbonyl (C=O) groups is 3. The molecule has 8 nitrogen and oxygen atoms in total. The summed E-state index contributed by atoms with van der Waals surface area (Å²) in [6.45, 7) is 1.62. The zero-order valence-corrected chi connectivity index (χ0v) is 16.3. The molecule has 1 N–H and O–H groups in total. The average Bonchev–Trinajstić information content (AvgIpc) is 3.03. The van der Waals surface area contributed by atoms with E-state index >= 15 is 0 Å². The Bertz CT molecular complexity index is 1030. The molecule has 2 atom stereocenters. The Hall–Kier alpha value is -3.69. The van der Waals surface area contributed by atoms with E-state index < -0.39 is 36.3 Å². The lowest BCUT2D eigenvalue weighted by Gasteiger charge is -2.37. The number of fused-ring (bicyclic) bond motifs is 1. The second kappa shape index (κ2) is 7.86. The van der Waals surface area contributed by atoms with Crippen LogP contribution >= 0.6 is 0 Å². The third-order valence-electron chi connectivity index (χ3n) is 4.93. The van der Waals surface area contributed by atoms with E-state index in [1.165, 1.54) is 18.2 Å². The van der Waals surface area contributed by atoms with Crippen molar-refractivity contribution in [1.29, 1.82) is 0 Å². The standard InChI is InChI=1S/C21H18F2N2O6/c1-12(14-7-8-16-17(9-14)31-21(22,23)30-16)24-20(28)25-15(10-18(25)26)19(27)29-11-13-5-3-2-4-6-13/h2-9,12,15H,10-11H2,1H3,(H,24,28)/t12-,15?/m1/s1. The van der Waals surface area contributed by atoms with Crippen molar-refractivity contribution in [1.82, 2.24) is 10.2 Å². The number of benzene rings is 2. The van der Waals surface area contributed by atoms with Crippen molar-refractivity contribution < 1.29 is 37.4 Å². The first-order valence-electron chi connectivity index (χ1n) is 9.46. The number of nitrogens with one attached hydrogen (secondary N) is 1. The van der Waals surface area contributed by atoms with E-state index in [-0.39, 0.29) is 24.5 Å². The Morgan fingerprint density at radius 1 is 1.19 bits per heavy atom. The smallest absolute Gasteiger partial charge is 0.459 e. The van der Waals surface area contributed by atoms with Crippen LogP contribution in [-0.2, 0) is 20.9 Å². The molecule has 0 spiro atoms. The minimum Gasteiger partial charge on any atom is -0.459 e. The monoisotopic (exact) mass is 432 g/mol. The maximum atomic E-state index is 13.2. The molecule has 0 radical (unpaired) electrons. The molecule has 1 fully saturated rings. The molecule has 2 aromatic carbocycles. The largest absolute Gasteiger partial charge is 0.586 e. The van der Waals surface area contributed by atoms with Gasteiger partial charge in [-0.15, -0.1) is 8.78 Å². The van der Waals surface area contributed by atoms with Crippen LogP contribution in [0, 0.1) is 0 Å². The number of amides is 3. The topological polar surface area (TPSA) is 94.2 Å². The number of esters is 1. The first-order chi connectivity index (χ1) is 14.7. The molecule has 3 amide bonds. The van der Waals surface area contributed by atoms with Crippen molar-refractivity contribution in [2.75, 3.05) is 0 Å². The number of rotatable bonds is 5. The second-order valence-electron chi connectivity index (χ2n) is 7.12. The molecule has 2 aliphatic rings. The van der Waals surface area contributed by atoms with Gasteiger partial charge in [0, 0.05) is 0 Å². The Balaban J connectivity index is 1.36. The van der Waals surface area contributed by atoms with Crippen LogP contribution in [-0.4, -0.2) is 35.1 Å². The maximum absolute atomic E-state index is 13.2. The Morgan fingerprint density at radius 3 is 2.61 bits per heavy atom. The van der Waals surface area contributed by atoms with Gasteiger partial charge < -0.3 is 19.5 Å². The van der Waals surface area contributed by atoms with Crippen molar-refractivity contribution in [3.8, 4) is 11.5 Å². The highest BCUT2D eigenvalue weighted by Crippen LogP contribution is 2.42. The van der Waals surface area contributed by atoms with Crippen LogP contribution in [0.1, 0.15) is 30.5 Å². The molecular weight excluding hydrogens is 414 g/mol. The highest BCUT2D eigenvalue weighted by atomic mass is 19.3. The van der Waals surface area contributed by atoms with Gasteiger partial charge in [-0.25, -0.2) is 14.5 Å². The second-order valence-corrected chi connectivity index (χ2v) is 7.12. The summed E-state index contributed by atoms with van der Waals surface area (Å²) >= 11 is 0. The third-order valence-corrected chi connectivity index (χ3v) is 4.93. The summed E-state index contributed by atoms with van der Waals surface area (Å²) in [6.07, 6.45) is -3.88. The number of carbonyl (C=O) groups excluding carboxylic acids is 3. The van der Waals surface area contributed by atoms with Gasteiger partial charge in [-0.2, -0.15) is 0 Å². The third kappa shape index (κ3) is 4.27. The van der Waals surface area contributed by atoms with E-state index in [0.717, 1.165) is 10.5 Å². The molecule has 2 aromatic rings. The Labute approximate surface area is 175 Å². The van der Waals surface area contributed by atoms with E-state index in [1.54, 1.807) is 31.2 Å². The fourth-order valence-electron chi connectivity index (χ4n) is 3.26. The van der Waals surface area contributed by atoms with Crippen LogP contribution in [0.2, 0.25) is 0 Å². The van der Waals surface area contributed by atoms with Crippen LogP contribution < -0.4 is 14.8 Å². The van der Waals surface area contributed by atoms with Crippen LogP contribution in [0.3, 0.4) is 0 Å². The summed E-state index contributed by atoms with van der Waals surface area (Å²) in [7, 11) is 0. The molecule has 0 saturated carbocycles. The molecule has 2 heterocycles. The summed E-state index contributed by atoms with van der Waals surface area (Å²) < 4.78 is 40.3. The zero-order valence-electron chi connectivity index (χ0n) is 16.3. The Morgan fingerprint density at radius 2 is 1.90 bits per heavy atom. The summed E-state index contributed by atoms with van der Waals surface area (Å²) in [5.41, 5.74) is 1.23. The molecule has 162 valence electrons. The molecule has 31 heavy (non-hydrogen) atoms. The van der Waals surface area contributed by atoms with Gasteiger partial charge in [-0.1, -0.05) is 36.4 Å². The van der Waals surface area contributed by atoms with Gasteiger partial charge in [0.2, 0.25) is 5.91 Å². The molecule has 0 aromatic heterocycles. The number of ether oxygens (including phenoxy) is 3. The van der Waals surface area contributed by atoms with Crippen LogP contribution in [0.4, 0.5) is 13.6 Å². The summed E-state index contributed by atoms with van der Waals surface area (Å²) in [4.78, 5) is 37.6. The summed E-state index contributed by atoms with van der Waals surface area (Å²) in [5.74, 6) is -1.48. The maximum Gasteiger partial charge on any atom is 0.586 e. The van der Waals surface area contributed by atoms with Gasteiger partial charge in [0.15, 0.2) is 11.5 Å². The van der Waals surface area contributed by atoms with Crippen molar-refractivity contribution in [2.24, 2.45) is 0 Å². The number of alkyl halides is 2. The molecule has 1 saturated heterocycles. The minimum absolute atomic E-state index is 0.0258. The molecule has 10 heteroatoms. The van der Waals surface area contributed by atoms with Crippen LogP contribution in [0.5, 0.6) is 11.5 Å². The van der Waals surface area contributed by atoms with Gasteiger partial charge in [-0.3, -0.25) is 4.79 Å². The number of likely N-dealkylation sites (tertiary alicyclic amines) is 1. The normalized spacial score (nSPS) is 19.4. The van der Waals surface area contributed by atoms with E-state index in [2.05, 4.69) is 14.8 Å². The quantitative estimate of drug-likeness (QED) is 0.576. The van der Waals surface area contributed by atoms with Gasteiger partial charge in [0.25, 0.3) is 0 Å². The lowest BCUT2D eigenvalue weighted by molar-refractivity contribution is -0.286. The number of imide groups is 1.